The van der Waals surface area contributed by atoms with E-state index in [-0.39, 0.29) is 17.6 Å². The molecule has 0 amide bonds. The van der Waals surface area contributed by atoms with Crippen molar-refractivity contribution in [2.75, 3.05) is 6.61 Å². The molecule has 0 bridgehead atoms. The molecule has 0 saturated heterocycles. The monoisotopic (exact) mass is 304 g/mol. The second-order valence-corrected chi connectivity index (χ2v) is 6.31. The predicted molar refractivity (Wildman–Crippen MR) is 81.4 cm³/mol. The van der Waals surface area contributed by atoms with Gasteiger partial charge in [0.2, 0.25) is 0 Å². The molecule has 0 aliphatic heterocycles. The maximum atomic E-state index is 6.28. The fourth-order valence-electron chi connectivity index (χ4n) is 2.13. The number of halogens is 2. The van der Waals surface area contributed by atoms with E-state index in [1.165, 1.54) is 0 Å². The van der Waals surface area contributed by atoms with Crippen molar-refractivity contribution in [1.82, 2.24) is 5.43 Å². The zero-order valence-corrected chi connectivity index (χ0v) is 13.3. The van der Waals surface area contributed by atoms with Gasteiger partial charge in [0.05, 0.1) is 22.2 Å². The van der Waals surface area contributed by atoms with Gasteiger partial charge in [0, 0.05) is 6.61 Å². The lowest BCUT2D eigenvalue weighted by Crippen LogP contribution is -2.44. The molecule has 0 radical (unpaired) electrons. The highest BCUT2D eigenvalue weighted by Gasteiger charge is 2.34. The summed E-state index contributed by atoms with van der Waals surface area (Å²) in [7, 11) is 0. The van der Waals surface area contributed by atoms with Crippen LogP contribution in [0.5, 0.6) is 0 Å². The van der Waals surface area contributed by atoms with E-state index in [1.807, 2.05) is 19.1 Å². The molecule has 2 atom stereocenters. The number of nitrogens with two attached hydrogens (primary N) is 1. The summed E-state index contributed by atoms with van der Waals surface area (Å²) in [5.74, 6) is 5.72. The van der Waals surface area contributed by atoms with Crippen molar-refractivity contribution in [2.24, 2.45) is 11.3 Å². The number of hydrogen-bond donors (Lipinski definition) is 2. The van der Waals surface area contributed by atoms with Gasteiger partial charge in [-0.25, -0.2) is 0 Å². The molecular weight excluding hydrogens is 283 g/mol. The van der Waals surface area contributed by atoms with Crippen LogP contribution < -0.4 is 11.3 Å². The highest BCUT2D eigenvalue weighted by Crippen LogP contribution is 2.37. The Labute approximate surface area is 125 Å². The van der Waals surface area contributed by atoms with Crippen LogP contribution >= 0.6 is 23.2 Å². The van der Waals surface area contributed by atoms with Crippen LogP contribution in [-0.4, -0.2) is 12.7 Å². The summed E-state index contributed by atoms with van der Waals surface area (Å²) in [6.07, 6.45) is -0.113. The molecule has 108 valence electrons. The number of rotatable bonds is 5. The van der Waals surface area contributed by atoms with Crippen molar-refractivity contribution < 1.29 is 4.74 Å². The smallest absolute Gasteiger partial charge is 0.0831 e. The Balaban J connectivity index is 3.20. The minimum atomic E-state index is -0.217. The summed E-state index contributed by atoms with van der Waals surface area (Å²) >= 11 is 12.3. The molecule has 0 aliphatic rings. The molecule has 2 unspecified atom stereocenters. The lowest BCUT2D eigenvalue weighted by molar-refractivity contribution is -0.0366. The van der Waals surface area contributed by atoms with Crippen LogP contribution in [0.2, 0.25) is 10.0 Å². The molecular formula is C14H22Cl2N2O. The standard InChI is InChI=1S/C14H22Cl2N2O/c1-5-19-13(14(2,3)4)12(18-17)9-7-6-8-10(15)11(9)16/h6-8,12-13,18H,5,17H2,1-4H3. The molecule has 0 spiro atoms. The van der Waals surface area contributed by atoms with Gasteiger partial charge in [0.1, 0.15) is 0 Å². The van der Waals surface area contributed by atoms with E-state index in [4.69, 9.17) is 33.8 Å². The van der Waals surface area contributed by atoms with Crippen molar-refractivity contribution in [2.45, 2.75) is 39.8 Å². The van der Waals surface area contributed by atoms with E-state index in [1.54, 1.807) is 6.07 Å². The van der Waals surface area contributed by atoms with Gasteiger partial charge in [0.25, 0.3) is 0 Å². The lowest BCUT2D eigenvalue weighted by atomic mass is 9.82. The molecule has 1 aromatic rings. The third-order valence-corrected chi connectivity index (χ3v) is 3.83. The molecule has 0 heterocycles. The van der Waals surface area contributed by atoms with Crippen molar-refractivity contribution in [3.8, 4) is 0 Å². The van der Waals surface area contributed by atoms with Gasteiger partial charge in [-0.15, -0.1) is 0 Å². The molecule has 0 fully saturated rings. The summed E-state index contributed by atoms with van der Waals surface area (Å²) in [4.78, 5) is 0. The fraction of sp³-hybridized carbons (Fsp3) is 0.571. The first-order valence-electron chi connectivity index (χ1n) is 6.34. The largest absolute Gasteiger partial charge is 0.376 e. The maximum absolute atomic E-state index is 6.28. The third kappa shape index (κ3) is 4.07. The summed E-state index contributed by atoms with van der Waals surface area (Å²) in [6.45, 7) is 8.90. The normalized spacial score (nSPS) is 15.3. The van der Waals surface area contributed by atoms with Crippen LogP contribution in [0, 0.1) is 5.41 Å². The van der Waals surface area contributed by atoms with Gasteiger partial charge in [-0.2, -0.15) is 0 Å². The maximum Gasteiger partial charge on any atom is 0.0831 e. The Morgan fingerprint density at radius 3 is 2.42 bits per heavy atom. The Bertz CT molecular complexity index is 418. The molecule has 3 nitrogen and oxygen atoms in total. The van der Waals surface area contributed by atoms with Gasteiger partial charge in [-0.1, -0.05) is 56.1 Å². The Kier molecular flexibility index (Phi) is 6.09. The van der Waals surface area contributed by atoms with Crippen LogP contribution in [0.25, 0.3) is 0 Å². The van der Waals surface area contributed by atoms with Crippen molar-refractivity contribution in [3.63, 3.8) is 0 Å². The number of hydrogen-bond acceptors (Lipinski definition) is 3. The fourth-order valence-corrected chi connectivity index (χ4v) is 2.55. The highest BCUT2D eigenvalue weighted by atomic mass is 35.5. The van der Waals surface area contributed by atoms with Crippen LogP contribution in [0.15, 0.2) is 18.2 Å². The average Bonchev–Trinajstić information content (AvgIpc) is 2.33. The minimum Gasteiger partial charge on any atom is -0.376 e. The highest BCUT2D eigenvalue weighted by molar-refractivity contribution is 6.42. The first-order chi connectivity index (χ1) is 8.82. The Hall–Kier alpha value is -0.320. The summed E-state index contributed by atoms with van der Waals surface area (Å²) in [5, 5.41) is 1.03. The Morgan fingerprint density at radius 1 is 1.32 bits per heavy atom. The molecule has 19 heavy (non-hydrogen) atoms. The van der Waals surface area contributed by atoms with Gasteiger partial charge < -0.3 is 4.74 Å². The lowest BCUT2D eigenvalue weighted by Gasteiger charge is -2.37. The number of nitrogens with one attached hydrogen (secondary N) is 1. The van der Waals surface area contributed by atoms with Gasteiger partial charge in [-0.05, 0) is 24.0 Å². The number of hydrazine groups is 1. The third-order valence-electron chi connectivity index (χ3n) is 3.00. The molecule has 5 heteroatoms. The second-order valence-electron chi connectivity index (χ2n) is 5.53. The first kappa shape index (κ1) is 16.7. The molecule has 3 N–H and O–H groups in total. The summed E-state index contributed by atoms with van der Waals surface area (Å²) in [6, 6.07) is 5.32. The SMILES string of the molecule is CCOC(C(NN)c1cccc(Cl)c1Cl)C(C)(C)C. The molecule has 0 aliphatic carbocycles. The van der Waals surface area contributed by atoms with Crippen LogP contribution in [0.1, 0.15) is 39.3 Å². The van der Waals surface area contributed by atoms with Crippen molar-refractivity contribution in [1.29, 1.82) is 0 Å². The van der Waals surface area contributed by atoms with E-state index >= 15 is 0 Å². The van der Waals surface area contributed by atoms with Crippen molar-refractivity contribution in [3.05, 3.63) is 33.8 Å². The quantitative estimate of drug-likeness (QED) is 0.639. The molecule has 0 saturated carbocycles. The van der Waals surface area contributed by atoms with Gasteiger partial charge in [0.15, 0.2) is 0 Å². The average molecular weight is 305 g/mol. The molecule has 1 rings (SSSR count). The van der Waals surface area contributed by atoms with E-state index in [9.17, 15) is 0 Å². The predicted octanol–water partition coefficient (Wildman–Crippen LogP) is 3.95. The zero-order chi connectivity index (χ0) is 14.6. The number of ether oxygens (including phenoxy) is 1. The van der Waals surface area contributed by atoms with E-state index in [0.717, 1.165) is 5.56 Å². The molecule has 1 aromatic carbocycles. The summed E-state index contributed by atoms with van der Waals surface area (Å²) in [5.41, 5.74) is 3.58. The van der Waals surface area contributed by atoms with E-state index in [0.29, 0.717) is 16.7 Å². The van der Waals surface area contributed by atoms with Gasteiger partial charge >= 0.3 is 0 Å². The van der Waals surface area contributed by atoms with E-state index < -0.39 is 0 Å². The van der Waals surface area contributed by atoms with Crippen LogP contribution in [0.4, 0.5) is 0 Å². The minimum absolute atomic E-state index is 0.0846. The summed E-state index contributed by atoms with van der Waals surface area (Å²) < 4.78 is 5.86. The van der Waals surface area contributed by atoms with Gasteiger partial charge in [-0.3, -0.25) is 11.3 Å². The Morgan fingerprint density at radius 2 is 1.95 bits per heavy atom. The molecule has 0 aromatic heterocycles. The second kappa shape index (κ2) is 6.91. The van der Waals surface area contributed by atoms with Crippen LogP contribution in [0.3, 0.4) is 0 Å². The first-order valence-corrected chi connectivity index (χ1v) is 7.10. The number of benzene rings is 1. The van der Waals surface area contributed by atoms with Crippen molar-refractivity contribution >= 4 is 23.2 Å². The topological polar surface area (TPSA) is 47.3 Å². The van der Waals surface area contributed by atoms with Crippen LogP contribution in [-0.2, 0) is 4.74 Å². The zero-order valence-electron chi connectivity index (χ0n) is 11.8. The van der Waals surface area contributed by atoms with E-state index in [2.05, 4.69) is 26.2 Å².